The quantitative estimate of drug-likeness (QED) is 0.334. The Morgan fingerprint density at radius 3 is 1.63 bits per heavy atom. The van der Waals surface area contributed by atoms with Crippen molar-refractivity contribution in [1.82, 2.24) is 0 Å². The first-order chi connectivity index (χ1) is 14.7. The van der Waals surface area contributed by atoms with Crippen molar-refractivity contribution in [3.8, 4) is 22.3 Å². The number of carbonyl (C=O) groups is 1. The number of hydrogen-bond donors (Lipinski definition) is 0. The first-order valence-electron chi connectivity index (χ1n) is 10.1. The molecule has 0 aliphatic carbocycles. The molecule has 0 saturated heterocycles. The molecule has 0 aliphatic heterocycles. The van der Waals surface area contributed by atoms with E-state index in [1.807, 2.05) is 66.7 Å². The molecule has 0 heterocycles. The Balaban J connectivity index is 1.54. The fourth-order valence-electron chi connectivity index (χ4n) is 3.60. The molecule has 4 aromatic carbocycles. The molecule has 0 radical (unpaired) electrons. The molecule has 0 amide bonds. The zero-order valence-corrected chi connectivity index (χ0v) is 17.2. The van der Waals surface area contributed by atoms with Crippen LogP contribution >= 0.6 is 0 Å². The van der Waals surface area contributed by atoms with Gasteiger partial charge in [0.1, 0.15) is 6.10 Å². The number of methoxy groups -OCH3 is 1. The van der Waals surface area contributed by atoms with Crippen molar-refractivity contribution in [2.75, 3.05) is 7.11 Å². The Morgan fingerprint density at radius 2 is 1.10 bits per heavy atom. The normalized spacial score (nSPS) is 11.8. The summed E-state index contributed by atoms with van der Waals surface area (Å²) >= 11 is 0. The maximum Gasteiger partial charge on any atom is 0.196 e. The van der Waals surface area contributed by atoms with Gasteiger partial charge in [0, 0.05) is 12.7 Å². The number of rotatable bonds is 6. The highest BCUT2D eigenvalue weighted by atomic mass is 16.5. The van der Waals surface area contributed by atoms with E-state index in [0.717, 1.165) is 27.8 Å². The number of hydrogen-bond acceptors (Lipinski definition) is 2. The van der Waals surface area contributed by atoms with Gasteiger partial charge < -0.3 is 4.74 Å². The Bertz CT molecular complexity index is 1110. The van der Waals surface area contributed by atoms with E-state index in [2.05, 4.69) is 43.3 Å². The van der Waals surface area contributed by atoms with Crippen LogP contribution in [0.4, 0.5) is 0 Å². The van der Waals surface area contributed by atoms with Gasteiger partial charge in [0.25, 0.3) is 0 Å². The van der Waals surface area contributed by atoms with Gasteiger partial charge in [-0.05, 0) is 34.7 Å². The van der Waals surface area contributed by atoms with Gasteiger partial charge in [0.2, 0.25) is 0 Å². The second kappa shape index (κ2) is 8.89. The van der Waals surface area contributed by atoms with Crippen molar-refractivity contribution >= 4 is 5.78 Å². The van der Waals surface area contributed by atoms with Crippen LogP contribution in [0.1, 0.15) is 27.6 Å². The van der Waals surface area contributed by atoms with Crippen molar-refractivity contribution in [2.24, 2.45) is 0 Å². The lowest BCUT2D eigenvalue weighted by Gasteiger charge is -2.16. The predicted octanol–water partition coefficient (Wildman–Crippen LogP) is 6.90. The van der Waals surface area contributed by atoms with E-state index < -0.39 is 6.10 Å². The first-order valence-corrected chi connectivity index (χ1v) is 10.1. The molecule has 0 bridgehead atoms. The third-order valence-corrected chi connectivity index (χ3v) is 5.35. The number of carbonyl (C=O) groups excluding carboxylic acids is 1. The van der Waals surface area contributed by atoms with Gasteiger partial charge >= 0.3 is 0 Å². The maximum atomic E-state index is 13.1. The number of Topliss-reactive ketones (excluding diaryl/α,β-unsaturated/α-hetero) is 1. The lowest BCUT2D eigenvalue weighted by atomic mass is 9.95. The number of ketones is 1. The summed E-state index contributed by atoms with van der Waals surface area (Å²) in [6, 6.07) is 34.3. The summed E-state index contributed by atoms with van der Waals surface area (Å²) in [6.07, 6.45) is -0.625. The average molecular weight is 392 g/mol. The van der Waals surface area contributed by atoms with Crippen molar-refractivity contribution in [1.29, 1.82) is 0 Å². The molecule has 0 aromatic heterocycles. The van der Waals surface area contributed by atoms with Crippen LogP contribution in [0.5, 0.6) is 0 Å². The minimum absolute atomic E-state index is 0.0413. The third kappa shape index (κ3) is 4.24. The molecule has 0 saturated carbocycles. The van der Waals surface area contributed by atoms with E-state index in [1.165, 1.54) is 5.56 Å². The van der Waals surface area contributed by atoms with Gasteiger partial charge in [-0.15, -0.1) is 0 Å². The fourth-order valence-corrected chi connectivity index (χ4v) is 3.60. The molecular weight excluding hydrogens is 368 g/mol. The summed E-state index contributed by atoms with van der Waals surface area (Å²) in [4.78, 5) is 13.1. The second-order valence-corrected chi connectivity index (χ2v) is 7.41. The largest absolute Gasteiger partial charge is 0.369 e. The number of aryl methyl sites for hydroxylation is 1. The summed E-state index contributed by atoms with van der Waals surface area (Å²) < 4.78 is 5.58. The molecule has 148 valence electrons. The summed E-state index contributed by atoms with van der Waals surface area (Å²) in [5.41, 5.74) is 7.22. The summed E-state index contributed by atoms with van der Waals surface area (Å²) in [5, 5.41) is 0. The standard InChI is InChI=1S/C28H24O2/c1-20-8-10-22(11-9-20)24-12-16-25(17-13-24)27(29)28(30-2)26-18-14-23(15-19-26)21-6-4-3-5-7-21/h3-19,28H,1-2H3. The maximum absolute atomic E-state index is 13.1. The summed E-state index contributed by atoms with van der Waals surface area (Å²) in [6.45, 7) is 2.07. The van der Waals surface area contributed by atoms with Gasteiger partial charge in [-0.3, -0.25) is 4.79 Å². The highest BCUT2D eigenvalue weighted by Gasteiger charge is 2.21. The molecule has 2 heteroatoms. The molecule has 2 nitrogen and oxygen atoms in total. The molecule has 0 spiro atoms. The Morgan fingerprint density at radius 1 is 0.633 bits per heavy atom. The lowest BCUT2D eigenvalue weighted by molar-refractivity contribution is 0.0604. The van der Waals surface area contributed by atoms with Gasteiger partial charge in [0.15, 0.2) is 5.78 Å². The zero-order valence-electron chi connectivity index (χ0n) is 17.2. The van der Waals surface area contributed by atoms with Gasteiger partial charge in [-0.2, -0.15) is 0 Å². The predicted molar refractivity (Wildman–Crippen MR) is 123 cm³/mol. The van der Waals surface area contributed by atoms with E-state index in [-0.39, 0.29) is 5.78 Å². The Hall–Kier alpha value is -3.49. The molecule has 0 fully saturated rings. The van der Waals surface area contributed by atoms with E-state index in [0.29, 0.717) is 5.56 Å². The molecule has 0 N–H and O–H groups in total. The van der Waals surface area contributed by atoms with Crippen LogP contribution < -0.4 is 0 Å². The number of ether oxygens (including phenoxy) is 1. The van der Waals surface area contributed by atoms with Crippen LogP contribution in [-0.4, -0.2) is 12.9 Å². The first kappa shape index (κ1) is 19.8. The highest BCUT2D eigenvalue weighted by Crippen LogP contribution is 2.27. The minimum Gasteiger partial charge on any atom is -0.369 e. The van der Waals surface area contributed by atoms with Crippen molar-refractivity contribution in [3.05, 3.63) is 120 Å². The van der Waals surface area contributed by atoms with Crippen LogP contribution in [0, 0.1) is 6.92 Å². The van der Waals surface area contributed by atoms with Crippen LogP contribution in [0.3, 0.4) is 0 Å². The van der Waals surface area contributed by atoms with E-state index >= 15 is 0 Å². The average Bonchev–Trinajstić information content (AvgIpc) is 2.81. The molecule has 0 aliphatic rings. The van der Waals surface area contributed by atoms with Crippen LogP contribution in [0.25, 0.3) is 22.3 Å². The van der Waals surface area contributed by atoms with Crippen molar-refractivity contribution < 1.29 is 9.53 Å². The van der Waals surface area contributed by atoms with Gasteiger partial charge in [-0.1, -0.05) is 109 Å². The Labute approximate surface area is 177 Å². The van der Waals surface area contributed by atoms with E-state index in [9.17, 15) is 4.79 Å². The fraction of sp³-hybridized carbons (Fsp3) is 0.107. The topological polar surface area (TPSA) is 26.3 Å². The van der Waals surface area contributed by atoms with E-state index in [4.69, 9.17) is 4.74 Å². The SMILES string of the molecule is COC(C(=O)c1ccc(-c2ccc(C)cc2)cc1)c1ccc(-c2ccccc2)cc1. The Kier molecular flexibility index (Phi) is 5.87. The number of benzene rings is 4. The monoisotopic (exact) mass is 392 g/mol. The zero-order chi connectivity index (χ0) is 20.9. The summed E-state index contributed by atoms with van der Waals surface area (Å²) in [7, 11) is 1.58. The smallest absolute Gasteiger partial charge is 0.196 e. The van der Waals surface area contributed by atoms with Gasteiger partial charge in [0.05, 0.1) is 0 Å². The highest BCUT2D eigenvalue weighted by molar-refractivity contribution is 6.00. The van der Waals surface area contributed by atoms with Crippen LogP contribution in [-0.2, 0) is 4.74 Å². The molecule has 30 heavy (non-hydrogen) atoms. The lowest BCUT2D eigenvalue weighted by Crippen LogP contribution is -2.14. The molecule has 1 atom stereocenters. The third-order valence-electron chi connectivity index (χ3n) is 5.35. The van der Waals surface area contributed by atoms with Crippen LogP contribution in [0.2, 0.25) is 0 Å². The molecular formula is C28H24O2. The molecule has 4 aromatic rings. The minimum atomic E-state index is -0.625. The van der Waals surface area contributed by atoms with Gasteiger partial charge in [-0.25, -0.2) is 0 Å². The second-order valence-electron chi connectivity index (χ2n) is 7.41. The molecule has 4 rings (SSSR count). The molecule has 1 unspecified atom stereocenters. The summed E-state index contributed by atoms with van der Waals surface area (Å²) in [5.74, 6) is -0.0413. The van der Waals surface area contributed by atoms with E-state index in [1.54, 1.807) is 7.11 Å². The van der Waals surface area contributed by atoms with Crippen molar-refractivity contribution in [3.63, 3.8) is 0 Å². The van der Waals surface area contributed by atoms with Crippen LogP contribution in [0.15, 0.2) is 103 Å². The van der Waals surface area contributed by atoms with Crippen molar-refractivity contribution in [2.45, 2.75) is 13.0 Å².